The molecular weight excluding hydrogens is 1050 g/mol. The molecule has 2 N–H and O–H groups in total. The zero-order valence-electron chi connectivity index (χ0n) is 52.2. The number of rotatable bonds is 60. The summed E-state index contributed by atoms with van der Waals surface area (Å²) in [5.74, 6) is -1.57. The summed E-state index contributed by atoms with van der Waals surface area (Å²) in [6, 6.07) is 0. The number of ether oxygens (including phenoxy) is 3. The van der Waals surface area contributed by atoms with Crippen molar-refractivity contribution in [2.24, 2.45) is 0 Å². The molecule has 0 radical (unpaired) electrons. The summed E-state index contributed by atoms with van der Waals surface area (Å²) in [6.07, 6.45) is 77.6. The van der Waals surface area contributed by atoms with Crippen LogP contribution in [0.5, 0.6) is 0 Å². The molecule has 11 nitrogen and oxygen atoms in total. The van der Waals surface area contributed by atoms with Crippen LogP contribution < -0.4 is 0 Å². The van der Waals surface area contributed by atoms with Crippen molar-refractivity contribution < 1.29 is 52.2 Å². The average molecular weight is 1170 g/mol. The predicted molar refractivity (Wildman–Crippen MR) is 343 cm³/mol. The maximum absolute atomic E-state index is 13.0. The quantitative estimate of drug-likeness (QED) is 0.0197. The Morgan fingerprint density at radius 3 is 1.06 bits per heavy atom. The highest BCUT2D eigenvalue weighted by atomic mass is 31.2. The fourth-order valence-corrected chi connectivity index (χ4v) is 9.49. The molecule has 0 aliphatic carbocycles. The second kappa shape index (κ2) is 63.2. The first-order valence-electron chi connectivity index (χ1n) is 32.8. The number of allylic oxidation sites excluding steroid dienone is 18. The third kappa shape index (κ3) is 60.7. The lowest BCUT2D eigenvalue weighted by Gasteiger charge is -2.21. The van der Waals surface area contributed by atoms with Gasteiger partial charge in [0.15, 0.2) is 6.10 Å². The summed E-state index contributed by atoms with van der Waals surface area (Å²) in [5, 5.41) is 9.86. The molecule has 0 amide bonds. The number of phosphoric ester groups is 1. The van der Waals surface area contributed by atoms with Crippen LogP contribution in [0.25, 0.3) is 0 Å². The van der Waals surface area contributed by atoms with Gasteiger partial charge in [-0.05, 0) is 116 Å². The Morgan fingerprint density at radius 2 is 0.659 bits per heavy atom. The summed E-state index contributed by atoms with van der Waals surface area (Å²) in [7, 11) is -4.78. The molecule has 0 fully saturated rings. The van der Waals surface area contributed by atoms with Gasteiger partial charge in [0.25, 0.3) is 0 Å². The van der Waals surface area contributed by atoms with Crippen LogP contribution >= 0.6 is 7.82 Å². The van der Waals surface area contributed by atoms with E-state index in [1.165, 1.54) is 116 Å². The predicted octanol–water partition coefficient (Wildman–Crippen LogP) is 20.1. The summed E-state index contributed by atoms with van der Waals surface area (Å²) < 4.78 is 39.6. The second-order valence-electron chi connectivity index (χ2n) is 21.5. The topological polar surface area (TPSA) is 155 Å². The third-order valence-electron chi connectivity index (χ3n) is 13.7. The van der Waals surface area contributed by atoms with Crippen LogP contribution in [0.3, 0.4) is 0 Å². The number of phosphoric acid groups is 1. The van der Waals surface area contributed by atoms with E-state index in [0.717, 1.165) is 103 Å². The average Bonchev–Trinajstić information content (AvgIpc) is 3.47. The lowest BCUT2D eigenvalue weighted by atomic mass is 10.1. The largest absolute Gasteiger partial charge is 0.472 e. The van der Waals surface area contributed by atoms with Crippen LogP contribution in [0, 0.1) is 0 Å². The van der Waals surface area contributed by atoms with Gasteiger partial charge in [-0.3, -0.25) is 23.4 Å². The molecule has 0 saturated heterocycles. The first-order chi connectivity index (χ1) is 40.2. The molecule has 0 aromatic heterocycles. The maximum atomic E-state index is 13.0. The third-order valence-corrected chi connectivity index (χ3v) is 14.6. The molecule has 0 aromatic carbocycles. The van der Waals surface area contributed by atoms with Gasteiger partial charge in [-0.1, -0.05) is 252 Å². The van der Waals surface area contributed by atoms with Gasteiger partial charge < -0.3 is 24.2 Å². The number of carbonyl (C=O) groups is 3. The van der Waals surface area contributed by atoms with Gasteiger partial charge in [-0.2, -0.15) is 0 Å². The summed E-state index contributed by atoms with van der Waals surface area (Å²) in [5.41, 5.74) is 0. The Balaban J connectivity index is 4.80. The van der Waals surface area contributed by atoms with Crippen molar-refractivity contribution in [1.29, 1.82) is 0 Å². The molecular formula is C70H119O11P. The maximum Gasteiger partial charge on any atom is 0.472 e. The molecule has 0 aliphatic rings. The molecule has 470 valence electrons. The number of esters is 3. The minimum Gasteiger partial charge on any atom is -0.462 e. The molecule has 82 heavy (non-hydrogen) atoms. The van der Waals surface area contributed by atoms with Gasteiger partial charge in [-0.25, -0.2) is 4.57 Å². The van der Waals surface area contributed by atoms with E-state index in [-0.39, 0.29) is 25.9 Å². The van der Waals surface area contributed by atoms with Crippen LogP contribution in [-0.2, 0) is 42.2 Å². The molecule has 0 rings (SSSR count). The molecule has 3 atom stereocenters. The smallest absolute Gasteiger partial charge is 0.462 e. The first-order valence-corrected chi connectivity index (χ1v) is 34.3. The number of aliphatic hydroxyl groups excluding tert-OH is 1. The fourth-order valence-electron chi connectivity index (χ4n) is 8.70. The van der Waals surface area contributed by atoms with Gasteiger partial charge in [0.05, 0.1) is 19.8 Å². The number of aliphatic hydroxyl groups is 1. The van der Waals surface area contributed by atoms with Crippen molar-refractivity contribution in [2.45, 2.75) is 290 Å². The van der Waals surface area contributed by atoms with Crippen molar-refractivity contribution >= 4 is 25.7 Å². The Kier molecular flexibility index (Phi) is 60.2. The van der Waals surface area contributed by atoms with E-state index in [9.17, 15) is 28.9 Å². The zero-order valence-corrected chi connectivity index (χ0v) is 53.1. The van der Waals surface area contributed by atoms with E-state index in [1.807, 2.05) is 12.2 Å². The van der Waals surface area contributed by atoms with E-state index in [1.54, 1.807) is 0 Å². The lowest BCUT2D eigenvalue weighted by Crippen LogP contribution is -2.30. The number of hydrogen-bond acceptors (Lipinski definition) is 10. The molecule has 0 aliphatic heterocycles. The van der Waals surface area contributed by atoms with E-state index in [4.69, 9.17) is 23.3 Å². The van der Waals surface area contributed by atoms with E-state index in [2.05, 4.69) is 118 Å². The monoisotopic (exact) mass is 1170 g/mol. The van der Waals surface area contributed by atoms with Gasteiger partial charge in [-0.15, -0.1) is 0 Å². The number of carbonyl (C=O) groups excluding carboxylic acids is 3. The van der Waals surface area contributed by atoms with Gasteiger partial charge in [0, 0.05) is 19.3 Å². The summed E-state index contributed by atoms with van der Waals surface area (Å²) in [6.45, 7) is 4.44. The molecule has 0 saturated carbocycles. The fraction of sp³-hybridized carbons (Fsp3) is 0.700. The van der Waals surface area contributed by atoms with Gasteiger partial charge >= 0.3 is 25.7 Å². The highest BCUT2D eigenvalue weighted by Crippen LogP contribution is 2.43. The SMILES string of the molecule is CC/C=C\C/C=C\C/C=C\C/C=C\C/C=C\C/C=C\CCC(=O)OCC(COP(=O)(O)OCC(CO)OC(=O)CCCCCCCCC/C=C\CCCCCCCC)OC(=O)CCCCCCCCCCC/C=C\C/C=C\CCCCC. The van der Waals surface area contributed by atoms with Crippen LogP contribution in [0.1, 0.15) is 278 Å². The highest BCUT2D eigenvalue weighted by Gasteiger charge is 2.28. The van der Waals surface area contributed by atoms with Gasteiger partial charge in [0.1, 0.15) is 12.7 Å². The van der Waals surface area contributed by atoms with Crippen molar-refractivity contribution in [3.05, 3.63) is 109 Å². The van der Waals surface area contributed by atoms with E-state index < -0.39 is 57.8 Å². The second-order valence-corrected chi connectivity index (χ2v) is 23.0. The number of unbranched alkanes of at least 4 members (excludes halogenated alkanes) is 25. The minimum absolute atomic E-state index is 0.0962. The van der Waals surface area contributed by atoms with Crippen molar-refractivity contribution in [2.75, 3.05) is 26.4 Å². The van der Waals surface area contributed by atoms with Crippen LogP contribution in [0.4, 0.5) is 0 Å². The minimum atomic E-state index is -4.78. The summed E-state index contributed by atoms with van der Waals surface area (Å²) in [4.78, 5) is 48.8. The Bertz CT molecular complexity index is 1790. The molecule has 12 heteroatoms. The number of hydrogen-bond donors (Lipinski definition) is 2. The highest BCUT2D eigenvalue weighted by molar-refractivity contribution is 7.47. The van der Waals surface area contributed by atoms with Crippen LogP contribution in [-0.4, -0.2) is 66.5 Å². The van der Waals surface area contributed by atoms with Crippen molar-refractivity contribution in [3.8, 4) is 0 Å². The molecule has 3 unspecified atom stereocenters. The normalized spacial score (nSPS) is 14.0. The van der Waals surface area contributed by atoms with Crippen molar-refractivity contribution in [3.63, 3.8) is 0 Å². The van der Waals surface area contributed by atoms with Crippen LogP contribution in [0.15, 0.2) is 109 Å². The lowest BCUT2D eigenvalue weighted by molar-refractivity contribution is -0.161. The Labute approximate surface area is 501 Å². The Hall–Kier alpha value is -3.86. The van der Waals surface area contributed by atoms with Crippen LogP contribution in [0.2, 0.25) is 0 Å². The zero-order chi connectivity index (χ0) is 59.8. The first kappa shape index (κ1) is 78.1. The van der Waals surface area contributed by atoms with E-state index >= 15 is 0 Å². The summed E-state index contributed by atoms with van der Waals surface area (Å²) >= 11 is 0. The molecule has 0 spiro atoms. The molecule has 0 heterocycles. The van der Waals surface area contributed by atoms with Gasteiger partial charge in [0.2, 0.25) is 0 Å². The molecule has 0 bridgehead atoms. The Morgan fingerprint density at radius 1 is 0.354 bits per heavy atom. The molecule has 0 aromatic rings. The van der Waals surface area contributed by atoms with Crippen molar-refractivity contribution in [1.82, 2.24) is 0 Å². The van der Waals surface area contributed by atoms with E-state index in [0.29, 0.717) is 19.3 Å². The standard InChI is InChI=1S/C70H119O11P/c1-4-7-10-13-16-19-22-25-28-31-33-36-38-41-44-47-50-53-56-59-68(72)77-63-67(81-70(74)61-58-55-52-49-46-43-40-37-34-32-29-26-23-20-17-14-11-8-5-2)65-79-82(75,76)78-64-66(62-71)80-69(73)60-57-54-51-48-45-42-39-35-30-27-24-21-18-15-12-9-6-3/h7,10,16-17,19-20,25-30,33,36,41,44,50,53,66-67,71H,4-6,8-9,11-15,18,21-24,31-32,34-35,37-40,42-43,45-49,51-52,54-65H2,1-3H3,(H,75,76)/b10-7-,19-16-,20-17-,28-25-,29-26-,30-27-,36-33-,44-41-,53-50-.